The quantitative estimate of drug-likeness (QED) is 0.668. The molecule has 20 heavy (non-hydrogen) atoms. The SMILES string of the molecule is NC(=Nc1ccccc1-c1ccccc1)N1CCCC1. The van der Waals surface area contributed by atoms with Gasteiger partial charge in [0.25, 0.3) is 0 Å². The third kappa shape index (κ3) is 2.67. The Morgan fingerprint density at radius 2 is 1.55 bits per heavy atom. The maximum atomic E-state index is 6.13. The molecule has 0 aliphatic carbocycles. The first-order valence-corrected chi connectivity index (χ1v) is 7.08. The topological polar surface area (TPSA) is 41.6 Å². The number of benzene rings is 2. The molecule has 0 bridgehead atoms. The number of rotatable bonds is 2. The normalized spacial score (nSPS) is 15.6. The van der Waals surface area contributed by atoms with Crippen molar-refractivity contribution < 1.29 is 0 Å². The van der Waals surface area contributed by atoms with E-state index in [1.165, 1.54) is 18.4 Å². The summed E-state index contributed by atoms with van der Waals surface area (Å²) >= 11 is 0. The average Bonchev–Trinajstić information content (AvgIpc) is 3.03. The van der Waals surface area contributed by atoms with Crippen LogP contribution in [0.4, 0.5) is 5.69 Å². The molecule has 102 valence electrons. The summed E-state index contributed by atoms with van der Waals surface area (Å²) in [5.74, 6) is 0.630. The number of nitrogens with two attached hydrogens (primary N) is 1. The monoisotopic (exact) mass is 265 g/mol. The fraction of sp³-hybridized carbons (Fsp3) is 0.235. The standard InChI is InChI=1S/C17H19N3/c18-17(20-12-6-7-13-20)19-16-11-5-4-10-15(16)14-8-2-1-3-9-14/h1-5,8-11H,6-7,12-13H2,(H2,18,19). The summed E-state index contributed by atoms with van der Waals surface area (Å²) in [7, 11) is 0. The van der Waals surface area contributed by atoms with Crippen LogP contribution in [0.25, 0.3) is 11.1 Å². The van der Waals surface area contributed by atoms with E-state index in [-0.39, 0.29) is 0 Å². The lowest BCUT2D eigenvalue weighted by molar-refractivity contribution is 0.513. The first-order valence-electron chi connectivity index (χ1n) is 7.08. The van der Waals surface area contributed by atoms with E-state index in [2.05, 4.69) is 28.1 Å². The Kier molecular flexibility index (Phi) is 3.68. The van der Waals surface area contributed by atoms with Crippen LogP contribution in [0.2, 0.25) is 0 Å². The number of nitrogens with zero attached hydrogens (tertiary/aromatic N) is 2. The summed E-state index contributed by atoms with van der Waals surface area (Å²) in [5, 5.41) is 0. The molecule has 0 atom stereocenters. The Morgan fingerprint density at radius 3 is 2.30 bits per heavy atom. The smallest absolute Gasteiger partial charge is 0.196 e. The van der Waals surface area contributed by atoms with Crippen molar-refractivity contribution in [2.45, 2.75) is 12.8 Å². The van der Waals surface area contributed by atoms with Gasteiger partial charge in [-0.15, -0.1) is 0 Å². The van der Waals surface area contributed by atoms with Gasteiger partial charge in [0.2, 0.25) is 0 Å². The molecule has 2 aromatic rings. The van der Waals surface area contributed by atoms with Crippen molar-refractivity contribution in [3.63, 3.8) is 0 Å². The van der Waals surface area contributed by atoms with Gasteiger partial charge in [-0.05, 0) is 24.5 Å². The van der Waals surface area contributed by atoms with Gasteiger partial charge in [-0.25, -0.2) is 4.99 Å². The van der Waals surface area contributed by atoms with Crippen molar-refractivity contribution in [2.24, 2.45) is 10.7 Å². The van der Waals surface area contributed by atoms with Crippen LogP contribution < -0.4 is 5.73 Å². The zero-order chi connectivity index (χ0) is 13.8. The highest BCUT2D eigenvalue weighted by molar-refractivity contribution is 5.85. The molecule has 1 aliphatic heterocycles. The van der Waals surface area contributed by atoms with E-state index in [0.717, 1.165) is 24.3 Å². The molecule has 1 saturated heterocycles. The molecule has 0 spiro atoms. The molecule has 0 aromatic heterocycles. The molecule has 0 saturated carbocycles. The molecular formula is C17H19N3. The van der Waals surface area contributed by atoms with E-state index in [9.17, 15) is 0 Å². The van der Waals surface area contributed by atoms with Crippen molar-refractivity contribution in [2.75, 3.05) is 13.1 Å². The Balaban J connectivity index is 1.96. The Bertz CT molecular complexity index is 599. The van der Waals surface area contributed by atoms with E-state index in [4.69, 9.17) is 5.73 Å². The predicted molar refractivity (Wildman–Crippen MR) is 84.0 cm³/mol. The van der Waals surface area contributed by atoms with E-state index < -0.39 is 0 Å². The first kappa shape index (κ1) is 12.7. The zero-order valence-electron chi connectivity index (χ0n) is 11.5. The molecule has 1 aliphatic rings. The number of hydrogen-bond donors (Lipinski definition) is 1. The summed E-state index contributed by atoms with van der Waals surface area (Å²) in [5.41, 5.74) is 9.36. The summed E-state index contributed by atoms with van der Waals surface area (Å²) in [4.78, 5) is 6.79. The van der Waals surface area contributed by atoms with Crippen LogP contribution in [-0.2, 0) is 0 Å². The minimum absolute atomic E-state index is 0.630. The van der Waals surface area contributed by atoms with Crippen LogP contribution in [0.1, 0.15) is 12.8 Å². The Morgan fingerprint density at radius 1 is 0.900 bits per heavy atom. The van der Waals surface area contributed by atoms with Crippen molar-refractivity contribution in [1.29, 1.82) is 0 Å². The lowest BCUT2D eigenvalue weighted by Crippen LogP contribution is -2.34. The minimum Gasteiger partial charge on any atom is -0.369 e. The fourth-order valence-electron chi connectivity index (χ4n) is 2.57. The van der Waals surface area contributed by atoms with Gasteiger partial charge in [-0.2, -0.15) is 0 Å². The fourth-order valence-corrected chi connectivity index (χ4v) is 2.57. The molecule has 0 unspecified atom stereocenters. The van der Waals surface area contributed by atoms with Gasteiger partial charge in [0.05, 0.1) is 5.69 Å². The highest BCUT2D eigenvalue weighted by atomic mass is 15.3. The van der Waals surface area contributed by atoms with Crippen LogP contribution in [0.15, 0.2) is 59.6 Å². The second-order valence-electron chi connectivity index (χ2n) is 5.05. The summed E-state index contributed by atoms with van der Waals surface area (Å²) in [6.45, 7) is 2.03. The minimum atomic E-state index is 0.630. The van der Waals surface area contributed by atoms with Crippen LogP contribution in [0.3, 0.4) is 0 Å². The summed E-state index contributed by atoms with van der Waals surface area (Å²) in [6, 6.07) is 18.4. The molecular weight excluding hydrogens is 246 g/mol. The van der Waals surface area contributed by atoms with Gasteiger partial charge in [-0.3, -0.25) is 0 Å². The molecule has 3 nitrogen and oxygen atoms in total. The zero-order valence-corrected chi connectivity index (χ0v) is 11.5. The number of para-hydroxylation sites is 1. The van der Waals surface area contributed by atoms with Crippen LogP contribution in [-0.4, -0.2) is 23.9 Å². The number of aliphatic imine (C=N–C) groups is 1. The van der Waals surface area contributed by atoms with Crippen molar-refractivity contribution >= 4 is 11.6 Å². The van der Waals surface area contributed by atoms with E-state index in [1.54, 1.807) is 0 Å². The van der Waals surface area contributed by atoms with E-state index in [0.29, 0.717) is 5.96 Å². The van der Waals surface area contributed by atoms with Gasteiger partial charge >= 0.3 is 0 Å². The highest BCUT2D eigenvalue weighted by Crippen LogP contribution is 2.30. The average molecular weight is 265 g/mol. The third-order valence-corrected chi connectivity index (χ3v) is 3.65. The first-order chi connectivity index (χ1) is 9.84. The molecule has 2 aromatic carbocycles. The molecule has 1 heterocycles. The van der Waals surface area contributed by atoms with Gasteiger partial charge in [0.1, 0.15) is 0 Å². The second kappa shape index (κ2) is 5.78. The van der Waals surface area contributed by atoms with Crippen molar-refractivity contribution in [3.8, 4) is 11.1 Å². The van der Waals surface area contributed by atoms with Crippen molar-refractivity contribution in [3.05, 3.63) is 54.6 Å². The molecule has 3 rings (SSSR count). The third-order valence-electron chi connectivity index (χ3n) is 3.65. The maximum Gasteiger partial charge on any atom is 0.196 e. The molecule has 1 fully saturated rings. The van der Waals surface area contributed by atoms with Gasteiger partial charge in [-0.1, -0.05) is 48.5 Å². The van der Waals surface area contributed by atoms with Crippen LogP contribution in [0, 0.1) is 0 Å². The Hall–Kier alpha value is -2.29. The molecule has 2 N–H and O–H groups in total. The highest BCUT2D eigenvalue weighted by Gasteiger charge is 2.14. The lowest BCUT2D eigenvalue weighted by atomic mass is 10.0. The molecule has 0 amide bonds. The predicted octanol–water partition coefficient (Wildman–Crippen LogP) is 3.40. The lowest BCUT2D eigenvalue weighted by Gasteiger charge is -2.16. The van der Waals surface area contributed by atoms with Crippen LogP contribution in [0.5, 0.6) is 0 Å². The van der Waals surface area contributed by atoms with Crippen LogP contribution >= 0.6 is 0 Å². The van der Waals surface area contributed by atoms with Crippen molar-refractivity contribution in [1.82, 2.24) is 4.90 Å². The molecule has 3 heteroatoms. The Labute approximate surface area is 119 Å². The van der Waals surface area contributed by atoms with Gasteiger partial charge in [0.15, 0.2) is 5.96 Å². The van der Waals surface area contributed by atoms with Gasteiger partial charge < -0.3 is 10.6 Å². The van der Waals surface area contributed by atoms with Gasteiger partial charge in [0, 0.05) is 18.7 Å². The summed E-state index contributed by atoms with van der Waals surface area (Å²) < 4.78 is 0. The summed E-state index contributed by atoms with van der Waals surface area (Å²) in [6.07, 6.45) is 2.41. The number of hydrogen-bond acceptors (Lipinski definition) is 1. The number of guanidine groups is 1. The largest absolute Gasteiger partial charge is 0.369 e. The second-order valence-corrected chi connectivity index (χ2v) is 5.05. The molecule has 0 radical (unpaired) electrons. The number of likely N-dealkylation sites (tertiary alicyclic amines) is 1. The van der Waals surface area contributed by atoms with E-state index >= 15 is 0 Å². The van der Waals surface area contributed by atoms with E-state index in [1.807, 2.05) is 36.4 Å². The maximum absolute atomic E-state index is 6.13.